The fourth-order valence-corrected chi connectivity index (χ4v) is 6.16. The minimum absolute atomic E-state index is 0.198. The van der Waals surface area contributed by atoms with Crippen LogP contribution in [-0.2, 0) is 0 Å². The highest BCUT2D eigenvalue weighted by Gasteiger charge is 2.67. The van der Waals surface area contributed by atoms with Crippen LogP contribution in [0.15, 0.2) is 11.6 Å². The lowest BCUT2D eigenvalue weighted by Crippen LogP contribution is -2.62. The minimum Gasteiger partial charge on any atom is -0.393 e. The molecule has 2 nitrogen and oxygen atoms in total. The van der Waals surface area contributed by atoms with Crippen LogP contribution in [0.25, 0.3) is 0 Å². The van der Waals surface area contributed by atoms with E-state index >= 15 is 4.39 Å². The number of aliphatic hydroxyl groups excluding tert-OH is 1. The molecule has 0 spiro atoms. The van der Waals surface area contributed by atoms with Gasteiger partial charge < -0.3 is 10.2 Å². The molecule has 7 atom stereocenters. The van der Waals surface area contributed by atoms with Gasteiger partial charge in [-0.15, -0.1) is 0 Å². The summed E-state index contributed by atoms with van der Waals surface area (Å²) in [7, 11) is 0. The Bertz CT molecular complexity index is 535. The molecular weight excluding hydrogens is 298 g/mol. The van der Waals surface area contributed by atoms with Crippen LogP contribution in [-0.4, -0.2) is 33.8 Å². The van der Waals surface area contributed by atoms with Crippen molar-refractivity contribution in [3.05, 3.63) is 11.6 Å². The van der Waals surface area contributed by atoms with E-state index in [-0.39, 0.29) is 24.4 Å². The Morgan fingerprint density at radius 1 is 1.09 bits per heavy atom. The SMILES string of the molecule is CC12CCC3(F)C=C4CC(O)CCC4CC[C@]3(O)C1CCC2F. The number of hydrogen-bond donors (Lipinski definition) is 2. The number of hydrogen-bond acceptors (Lipinski definition) is 2. The van der Waals surface area contributed by atoms with Crippen molar-refractivity contribution in [1.29, 1.82) is 0 Å². The number of halogens is 2. The summed E-state index contributed by atoms with van der Waals surface area (Å²) in [6.45, 7) is 1.90. The van der Waals surface area contributed by atoms with Crippen LogP contribution < -0.4 is 0 Å². The summed E-state index contributed by atoms with van der Waals surface area (Å²) in [5, 5.41) is 21.4. The molecule has 3 saturated carbocycles. The molecule has 0 saturated heterocycles. The summed E-state index contributed by atoms with van der Waals surface area (Å²) in [5.41, 5.74) is -2.81. The van der Waals surface area contributed by atoms with E-state index in [2.05, 4.69) is 0 Å². The number of alkyl halides is 2. The van der Waals surface area contributed by atoms with E-state index < -0.39 is 22.9 Å². The Morgan fingerprint density at radius 3 is 2.65 bits per heavy atom. The second kappa shape index (κ2) is 5.01. The first-order valence-corrected chi connectivity index (χ1v) is 9.23. The van der Waals surface area contributed by atoms with Crippen LogP contribution in [0.5, 0.6) is 0 Å². The maximum absolute atomic E-state index is 16.0. The van der Waals surface area contributed by atoms with Crippen molar-refractivity contribution in [1.82, 2.24) is 0 Å². The summed E-state index contributed by atoms with van der Waals surface area (Å²) in [6.07, 6.45) is 5.37. The molecule has 0 aromatic rings. The Hall–Kier alpha value is -0.480. The first kappa shape index (κ1) is 16.0. The van der Waals surface area contributed by atoms with Gasteiger partial charge in [-0.25, -0.2) is 8.78 Å². The van der Waals surface area contributed by atoms with Gasteiger partial charge in [0.2, 0.25) is 0 Å². The molecule has 130 valence electrons. The molecule has 6 unspecified atom stereocenters. The third kappa shape index (κ3) is 2.10. The van der Waals surface area contributed by atoms with Crippen molar-refractivity contribution in [3.63, 3.8) is 0 Å². The largest absolute Gasteiger partial charge is 0.393 e. The monoisotopic (exact) mass is 326 g/mol. The molecule has 4 aliphatic carbocycles. The first-order valence-electron chi connectivity index (χ1n) is 9.23. The smallest absolute Gasteiger partial charge is 0.158 e. The first-order chi connectivity index (χ1) is 10.8. The summed E-state index contributed by atoms with van der Waals surface area (Å²) >= 11 is 0. The number of fused-ring (bicyclic) bond motifs is 4. The highest BCUT2D eigenvalue weighted by atomic mass is 19.1. The van der Waals surface area contributed by atoms with Gasteiger partial charge in [-0.1, -0.05) is 12.5 Å². The van der Waals surface area contributed by atoms with Gasteiger partial charge in [-0.2, -0.15) is 0 Å². The van der Waals surface area contributed by atoms with Crippen molar-refractivity contribution in [3.8, 4) is 0 Å². The Morgan fingerprint density at radius 2 is 1.87 bits per heavy atom. The van der Waals surface area contributed by atoms with Crippen molar-refractivity contribution in [2.75, 3.05) is 0 Å². The van der Waals surface area contributed by atoms with Gasteiger partial charge in [0.05, 0.1) is 6.10 Å². The maximum atomic E-state index is 16.0. The molecule has 0 aromatic heterocycles. The third-order valence-electron chi connectivity index (χ3n) is 7.68. The van der Waals surface area contributed by atoms with Gasteiger partial charge in [0.15, 0.2) is 5.67 Å². The average molecular weight is 326 g/mol. The second-order valence-electron chi connectivity index (χ2n) is 8.78. The van der Waals surface area contributed by atoms with E-state index in [0.717, 1.165) is 24.8 Å². The summed E-state index contributed by atoms with van der Waals surface area (Å²) in [4.78, 5) is 0. The lowest BCUT2D eigenvalue weighted by atomic mass is 9.55. The number of rotatable bonds is 0. The second-order valence-corrected chi connectivity index (χ2v) is 8.78. The van der Waals surface area contributed by atoms with E-state index in [1.807, 2.05) is 6.92 Å². The van der Waals surface area contributed by atoms with Gasteiger partial charge in [0.25, 0.3) is 0 Å². The van der Waals surface area contributed by atoms with Crippen LogP contribution in [0.3, 0.4) is 0 Å². The van der Waals surface area contributed by atoms with E-state index in [1.165, 1.54) is 0 Å². The van der Waals surface area contributed by atoms with Gasteiger partial charge in [0, 0.05) is 5.41 Å². The average Bonchev–Trinajstić information content (AvgIpc) is 2.74. The van der Waals surface area contributed by atoms with Crippen molar-refractivity contribution in [2.24, 2.45) is 17.3 Å². The third-order valence-corrected chi connectivity index (χ3v) is 7.68. The van der Waals surface area contributed by atoms with Gasteiger partial charge in [-0.05, 0) is 75.7 Å². The van der Waals surface area contributed by atoms with E-state index in [9.17, 15) is 14.6 Å². The van der Waals surface area contributed by atoms with Crippen LogP contribution in [0.2, 0.25) is 0 Å². The molecule has 0 amide bonds. The molecule has 0 aromatic carbocycles. The summed E-state index contributed by atoms with van der Waals surface area (Å²) < 4.78 is 30.4. The fourth-order valence-electron chi connectivity index (χ4n) is 6.16. The van der Waals surface area contributed by atoms with Crippen molar-refractivity contribution in [2.45, 2.75) is 88.3 Å². The molecule has 4 heteroatoms. The van der Waals surface area contributed by atoms with E-state index in [1.54, 1.807) is 6.08 Å². The Balaban J connectivity index is 1.75. The summed E-state index contributed by atoms with van der Waals surface area (Å²) in [5.74, 6) is -0.0276. The molecule has 2 N–H and O–H groups in total. The molecule has 0 radical (unpaired) electrons. The van der Waals surface area contributed by atoms with Gasteiger partial charge in [-0.3, -0.25) is 0 Å². The lowest BCUT2D eigenvalue weighted by Gasteiger charge is -2.54. The Labute approximate surface area is 137 Å². The normalized spacial score (nSPS) is 56.1. The molecule has 3 fully saturated rings. The lowest BCUT2D eigenvalue weighted by molar-refractivity contribution is -0.186. The molecule has 4 rings (SSSR count). The zero-order valence-corrected chi connectivity index (χ0v) is 13.9. The minimum atomic E-state index is -1.76. The van der Waals surface area contributed by atoms with Gasteiger partial charge >= 0.3 is 0 Å². The predicted molar refractivity (Wildman–Crippen MR) is 84.4 cm³/mol. The molecule has 0 heterocycles. The predicted octanol–water partition coefficient (Wildman–Crippen LogP) is 3.86. The maximum Gasteiger partial charge on any atom is 0.158 e. The Kier molecular flexibility index (Phi) is 3.49. The quantitative estimate of drug-likeness (QED) is 0.664. The number of aliphatic hydroxyl groups is 2. The summed E-state index contributed by atoms with van der Waals surface area (Å²) in [6, 6.07) is 0. The molecule has 0 aliphatic heterocycles. The zero-order valence-electron chi connectivity index (χ0n) is 13.9. The molecule has 4 aliphatic rings. The topological polar surface area (TPSA) is 40.5 Å². The molecule has 0 bridgehead atoms. The standard InChI is InChI=1S/C19H28F2O2/c1-17-8-9-18(21)11-13-10-14(22)3-2-12(13)6-7-19(18,23)15(17)4-5-16(17)20/h11-12,14-16,22-23H,2-10H2,1H3/t12?,14?,15?,16?,17?,18?,19-/m0/s1. The van der Waals surface area contributed by atoms with E-state index in [0.29, 0.717) is 32.1 Å². The van der Waals surface area contributed by atoms with Crippen LogP contribution >= 0.6 is 0 Å². The van der Waals surface area contributed by atoms with Crippen molar-refractivity contribution >= 4 is 0 Å². The highest BCUT2D eigenvalue weighted by molar-refractivity contribution is 5.29. The molecule has 23 heavy (non-hydrogen) atoms. The van der Waals surface area contributed by atoms with Crippen LogP contribution in [0.1, 0.15) is 64.7 Å². The van der Waals surface area contributed by atoms with E-state index in [4.69, 9.17) is 0 Å². The zero-order chi connectivity index (χ0) is 16.5. The highest BCUT2D eigenvalue weighted by Crippen LogP contribution is 2.63. The fraction of sp³-hybridized carbons (Fsp3) is 0.895. The van der Waals surface area contributed by atoms with Crippen molar-refractivity contribution < 1.29 is 19.0 Å². The van der Waals surface area contributed by atoms with Crippen LogP contribution in [0.4, 0.5) is 8.78 Å². The van der Waals surface area contributed by atoms with Crippen LogP contribution in [0, 0.1) is 17.3 Å². The molecular formula is C19H28F2O2. The van der Waals surface area contributed by atoms with Gasteiger partial charge in [0.1, 0.15) is 11.8 Å².